The number of nitrogens with zero attached hydrogens (tertiary/aromatic N) is 2. The van der Waals surface area contributed by atoms with Crippen LogP contribution in [0.15, 0.2) is 52.6 Å². The Morgan fingerprint density at radius 3 is 2.27 bits per heavy atom. The van der Waals surface area contributed by atoms with Crippen LogP contribution in [0.2, 0.25) is 0 Å². The summed E-state index contributed by atoms with van der Waals surface area (Å²) in [5, 5.41) is 16.4. The first-order valence-electron chi connectivity index (χ1n) is 8.11. The van der Waals surface area contributed by atoms with Crippen LogP contribution in [0.25, 0.3) is 0 Å². The van der Waals surface area contributed by atoms with Crippen molar-refractivity contribution in [3.8, 4) is 17.2 Å². The van der Waals surface area contributed by atoms with Crippen molar-refractivity contribution in [3.63, 3.8) is 0 Å². The molecule has 0 bridgehead atoms. The molecule has 2 aromatic carbocycles. The van der Waals surface area contributed by atoms with Gasteiger partial charge in [-0.15, -0.1) is 0 Å². The van der Waals surface area contributed by atoms with Crippen LogP contribution in [0, 0.1) is 0 Å². The lowest BCUT2D eigenvalue weighted by atomic mass is 10.0. The highest BCUT2D eigenvalue weighted by Gasteiger charge is 2.26. The van der Waals surface area contributed by atoms with Crippen LogP contribution in [0.1, 0.15) is 11.1 Å². The number of ether oxygens (including phenoxy) is 3. The predicted molar refractivity (Wildman–Crippen MR) is 99.2 cm³/mol. The van der Waals surface area contributed by atoms with Gasteiger partial charge in [-0.05, 0) is 12.1 Å². The summed E-state index contributed by atoms with van der Waals surface area (Å²) in [5.41, 5.74) is 2.05. The van der Waals surface area contributed by atoms with Crippen LogP contribution in [0.4, 0.5) is 0 Å². The highest BCUT2D eigenvalue weighted by atomic mass is 16.5. The third-order valence-electron chi connectivity index (χ3n) is 4.18. The molecule has 1 aliphatic heterocycles. The van der Waals surface area contributed by atoms with E-state index in [0.717, 1.165) is 11.4 Å². The fourth-order valence-corrected chi connectivity index (χ4v) is 2.92. The Balaban J connectivity index is 1.96. The molecular formula is C19H21N3O4. The molecule has 7 nitrogen and oxygen atoms in total. The Labute approximate surface area is 151 Å². The summed E-state index contributed by atoms with van der Waals surface area (Å²) in [6.07, 6.45) is 0. The van der Waals surface area contributed by atoms with Gasteiger partial charge in [0.25, 0.3) is 0 Å². The van der Waals surface area contributed by atoms with Crippen molar-refractivity contribution in [1.82, 2.24) is 5.32 Å². The zero-order valence-corrected chi connectivity index (χ0v) is 14.9. The number of nitrogens with one attached hydrogen (secondary N) is 1. The van der Waals surface area contributed by atoms with E-state index in [1.165, 1.54) is 0 Å². The Hall–Kier alpha value is -3.22. The van der Waals surface area contributed by atoms with Gasteiger partial charge < -0.3 is 24.7 Å². The average molecular weight is 355 g/mol. The number of rotatable bonds is 6. The molecule has 1 heterocycles. The van der Waals surface area contributed by atoms with Crippen molar-refractivity contribution in [2.24, 2.45) is 10.1 Å². The van der Waals surface area contributed by atoms with Crippen LogP contribution in [0.5, 0.6) is 17.2 Å². The summed E-state index contributed by atoms with van der Waals surface area (Å²) >= 11 is 0. The smallest absolute Gasteiger partial charge is 0.203 e. The number of oxime groups is 1. The monoisotopic (exact) mass is 355 g/mol. The molecule has 7 heteroatoms. The summed E-state index contributed by atoms with van der Waals surface area (Å²) in [4.78, 5) is 4.66. The van der Waals surface area contributed by atoms with Crippen LogP contribution in [-0.2, 0) is 0 Å². The van der Waals surface area contributed by atoms with Gasteiger partial charge in [0.2, 0.25) is 5.75 Å². The Morgan fingerprint density at radius 2 is 1.73 bits per heavy atom. The van der Waals surface area contributed by atoms with Gasteiger partial charge in [0.1, 0.15) is 17.6 Å². The van der Waals surface area contributed by atoms with Gasteiger partial charge in [-0.1, -0.05) is 35.5 Å². The van der Waals surface area contributed by atoms with Crippen molar-refractivity contribution < 1.29 is 19.4 Å². The van der Waals surface area contributed by atoms with Gasteiger partial charge in [-0.3, -0.25) is 4.99 Å². The number of aliphatic imine (C=N–C) groups is 1. The van der Waals surface area contributed by atoms with E-state index in [1.54, 1.807) is 33.5 Å². The highest BCUT2D eigenvalue weighted by Crippen LogP contribution is 2.38. The van der Waals surface area contributed by atoms with E-state index in [2.05, 4.69) is 15.5 Å². The molecule has 26 heavy (non-hydrogen) atoms. The zero-order valence-electron chi connectivity index (χ0n) is 14.9. The largest absolute Gasteiger partial charge is 0.493 e. The van der Waals surface area contributed by atoms with Crippen LogP contribution < -0.4 is 19.5 Å². The van der Waals surface area contributed by atoms with Gasteiger partial charge >= 0.3 is 0 Å². The van der Waals surface area contributed by atoms with E-state index in [9.17, 15) is 5.21 Å². The molecule has 0 saturated carbocycles. The molecule has 1 aliphatic rings. The fourth-order valence-electron chi connectivity index (χ4n) is 2.92. The lowest BCUT2D eigenvalue weighted by Gasteiger charge is -2.16. The Kier molecular flexibility index (Phi) is 5.26. The van der Waals surface area contributed by atoms with Gasteiger partial charge in [-0.25, -0.2) is 0 Å². The number of methoxy groups -OCH3 is 3. The molecular weight excluding hydrogens is 334 g/mol. The summed E-state index contributed by atoms with van der Waals surface area (Å²) < 4.78 is 16.1. The number of benzene rings is 2. The summed E-state index contributed by atoms with van der Waals surface area (Å²) in [5.74, 6) is 2.22. The average Bonchev–Trinajstić information content (AvgIpc) is 3.18. The third-order valence-corrected chi connectivity index (χ3v) is 4.18. The molecule has 0 spiro atoms. The van der Waals surface area contributed by atoms with E-state index in [4.69, 9.17) is 14.2 Å². The number of hydrogen-bond donors (Lipinski definition) is 2. The molecule has 0 fully saturated rings. The Morgan fingerprint density at radius 1 is 1.08 bits per heavy atom. The lowest BCUT2D eigenvalue weighted by Crippen LogP contribution is -2.27. The molecule has 3 rings (SSSR count). The van der Waals surface area contributed by atoms with E-state index < -0.39 is 0 Å². The molecule has 0 aromatic heterocycles. The van der Waals surface area contributed by atoms with Crippen LogP contribution in [-0.4, -0.2) is 50.7 Å². The summed E-state index contributed by atoms with van der Waals surface area (Å²) in [7, 11) is 4.62. The van der Waals surface area contributed by atoms with E-state index in [-0.39, 0.29) is 6.04 Å². The maximum Gasteiger partial charge on any atom is 0.203 e. The van der Waals surface area contributed by atoms with E-state index in [0.29, 0.717) is 35.1 Å². The minimum absolute atomic E-state index is 0.335. The van der Waals surface area contributed by atoms with Crippen LogP contribution >= 0.6 is 0 Å². The second kappa shape index (κ2) is 7.77. The van der Waals surface area contributed by atoms with E-state index >= 15 is 0 Å². The quantitative estimate of drug-likeness (QED) is 0.472. The molecule has 1 atom stereocenters. The topological polar surface area (TPSA) is 84.7 Å². The second-order valence-corrected chi connectivity index (χ2v) is 5.64. The molecule has 1 unspecified atom stereocenters. The second-order valence-electron chi connectivity index (χ2n) is 5.64. The van der Waals surface area contributed by atoms with Crippen molar-refractivity contribution in [3.05, 3.63) is 53.6 Å². The number of amidine groups is 1. The first kappa shape index (κ1) is 17.6. The first-order valence-corrected chi connectivity index (χ1v) is 8.11. The molecule has 2 aromatic rings. The normalized spacial score (nSPS) is 16.7. The highest BCUT2D eigenvalue weighted by molar-refractivity contribution is 6.09. The summed E-state index contributed by atoms with van der Waals surface area (Å²) in [6, 6.07) is 13.0. The zero-order chi connectivity index (χ0) is 18.5. The minimum Gasteiger partial charge on any atom is -0.493 e. The maximum absolute atomic E-state index is 9.63. The van der Waals surface area contributed by atoms with Crippen molar-refractivity contribution in [2.45, 2.75) is 6.04 Å². The van der Waals surface area contributed by atoms with Gasteiger partial charge in [0.05, 0.1) is 21.3 Å². The molecule has 0 saturated heterocycles. The summed E-state index contributed by atoms with van der Waals surface area (Å²) in [6.45, 7) is 0.528. The SMILES string of the molecule is COc1cc(/C(=N\O)C2CNC(c3ccccc3)=N2)cc(OC)c1OC. The van der Waals surface area contributed by atoms with Crippen molar-refractivity contribution in [2.75, 3.05) is 27.9 Å². The molecule has 0 radical (unpaired) electrons. The van der Waals surface area contributed by atoms with Gasteiger partial charge in [0.15, 0.2) is 11.5 Å². The molecule has 2 N–H and O–H groups in total. The first-order chi connectivity index (χ1) is 12.7. The minimum atomic E-state index is -0.335. The molecule has 136 valence electrons. The number of hydrogen-bond acceptors (Lipinski definition) is 7. The van der Waals surface area contributed by atoms with Crippen molar-refractivity contribution in [1.29, 1.82) is 0 Å². The predicted octanol–water partition coefficient (Wildman–Crippen LogP) is 2.31. The Bertz CT molecular complexity index is 809. The lowest BCUT2D eigenvalue weighted by molar-refractivity contribution is 0.316. The maximum atomic E-state index is 9.63. The van der Waals surface area contributed by atoms with Crippen molar-refractivity contribution >= 4 is 11.5 Å². The van der Waals surface area contributed by atoms with Gasteiger partial charge in [0, 0.05) is 17.7 Å². The third kappa shape index (κ3) is 3.28. The standard InChI is InChI=1S/C19H21N3O4/c1-24-15-9-13(10-16(25-2)18(15)26-3)17(22-23)14-11-20-19(21-14)12-7-5-4-6-8-12/h4-10,14,23H,11H2,1-3H3,(H,20,21)/b22-17+. The molecule has 0 amide bonds. The fraction of sp³-hybridized carbons (Fsp3) is 0.263. The molecule has 0 aliphatic carbocycles. The van der Waals surface area contributed by atoms with Crippen LogP contribution in [0.3, 0.4) is 0 Å². The van der Waals surface area contributed by atoms with Gasteiger partial charge in [-0.2, -0.15) is 0 Å². The van der Waals surface area contributed by atoms with E-state index in [1.807, 2.05) is 30.3 Å².